The number of hydrogen-bond acceptors (Lipinski definition) is 5. The summed E-state index contributed by atoms with van der Waals surface area (Å²) >= 11 is 0. The Morgan fingerprint density at radius 1 is 1.09 bits per heavy atom. The number of aromatic nitrogens is 3. The van der Waals surface area contributed by atoms with Gasteiger partial charge >= 0.3 is 5.97 Å². The van der Waals surface area contributed by atoms with Gasteiger partial charge in [-0.05, 0) is 50.1 Å². The van der Waals surface area contributed by atoms with Crippen LogP contribution in [0.1, 0.15) is 43.6 Å². The quantitative estimate of drug-likeness (QED) is 0.394. The van der Waals surface area contributed by atoms with E-state index in [1.807, 2.05) is 48.7 Å². The molecule has 7 nitrogen and oxygen atoms in total. The Morgan fingerprint density at radius 3 is 2.53 bits per heavy atom. The largest absolute Gasteiger partial charge is 0.481 e. The Balaban J connectivity index is 1.95. The van der Waals surface area contributed by atoms with Crippen molar-refractivity contribution in [2.24, 2.45) is 5.73 Å². The van der Waals surface area contributed by atoms with Crippen LogP contribution in [0.15, 0.2) is 72.8 Å². The van der Waals surface area contributed by atoms with Crippen molar-refractivity contribution in [2.45, 2.75) is 33.2 Å². The van der Waals surface area contributed by atoms with Gasteiger partial charge in [-0.2, -0.15) is 0 Å². The molecule has 4 aromatic rings. The number of nitrogens with zero attached hydrogens (tertiary/aromatic N) is 3. The lowest BCUT2D eigenvalue weighted by atomic mass is 10.0. The lowest BCUT2D eigenvalue weighted by Gasteiger charge is -2.15. The summed E-state index contributed by atoms with van der Waals surface area (Å²) in [6.45, 7) is 5.25. The number of benzene rings is 1. The first-order valence-corrected chi connectivity index (χ1v) is 11.0. The number of carboxylic acids is 1. The van der Waals surface area contributed by atoms with Crippen molar-refractivity contribution in [1.29, 1.82) is 0 Å². The van der Waals surface area contributed by atoms with Crippen LogP contribution in [0.5, 0.6) is 0 Å². The number of aliphatic carboxylic acids is 1. The summed E-state index contributed by atoms with van der Waals surface area (Å²) < 4.78 is 2.08. The van der Waals surface area contributed by atoms with Crippen LogP contribution in [0.25, 0.3) is 27.7 Å². The Bertz CT molecular complexity index is 1420. The van der Waals surface area contributed by atoms with E-state index in [2.05, 4.69) is 16.5 Å². The van der Waals surface area contributed by atoms with E-state index in [0.29, 0.717) is 22.4 Å². The Kier molecular flexibility index (Phi) is 6.27. The van der Waals surface area contributed by atoms with Gasteiger partial charge in [-0.25, -0.2) is 0 Å². The smallest absolute Gasteiger partial charge is 0.307 e. The summed E-state index contributed by atoms with van der Waals surface area (Å²) in [6, 6.07) is 15.1. The van der Waals surface area contributed by atoms with Crippen LogP contribution in [-0.2, 0) is 16.0 Å². The van der Waals surface area contributed by atoms with Crippen LogP contribution in [0.3, 0.4) is 0 Å². The molecular weight excluding hydrogens is 428 g/mol. The number of carbonyl (C=O) groups excluding carboxylic acids is 1. The fourth-order valence-electron chi connectivity index (χ4n) is 4.29. The molecule has 0 saturated carbocycles. The van der Waals surface area contributed by atoms with Crippen LogP contribution >= 0.6 is 0 Å². The SMILES string of the molecule is CC(=O)/C(=C(/C)N)c1cnc2c(-c3cccc(CC(=O)O)c3)cn([C@@H](C)c3ccccn3)c2c1. The van der Waals surface area contributed by atoms with E-state index in [0.717, 1.165) is 27.9 Å². The molecule has 172 valence electrons. The van der Waals surface area contributed by atoms with Crippen molar-refractivity contribution >= 4 is 28.4 Å². The summed E-state index contributed by atoms with van der Waals surface area (Å²) in [5.74, 6) is -1.01. The van der Waals surface area contributed by atoms with E-state index in [4.69, 9.17) is 10.7 Å². The number of fused-ring (bicyclic) bond motifs is 1. The highest BCUT2D eigenvalue weighted by atomic mass is 16.4. The van der Waals surface area contributed by atoms with E-state index in [9.17, 15) is 14.7 Å². The van der Waals surface area contributed by atoms with Crippen molar-refractivity contribution in [1.82, 2.24) is 14.5 Å². The molecular formula is C27H26N4O3. The molecule has 1 atom stereocenters. The summed E-state index contributed by atoms with van der Waals surface area (Å²) in [7, 11) is 0. The molecule has 0 bridgehead atoms. The first-order valence-electron chi connectivity index (χ1n) is 11.0. The minimum atomic E-state index is -0.883. The second-order valence-electron chi connectivity index (χ2n) is 8.36. The van der Waals surface area contributed by atoms with E-state index < -0.39 is 5.97 Å². The summed E-state index contributed by atoms with van der Waals surface area (Å²) in [6.07, 6.45) is 5.37. The monoisotopic (exact) mass is 454 g/mol. The topological polar surface area (TPSA) is 111 Å². The number of ketones is 1. The Morgan fingerprint density at radius 2 is 1.88 bits per heavy atom. The first kappa shape index (κ1) is 22.9. The molecule has 7 heteroatoms. The number of pyridine rings is 2. The average Bonchev–Trinajstić information content (AvgIpc) is 3.17. The van der Waals surface area contributed by atoms with Gasteiger partial charge in [0.15, 0.2) is 5.78 Å². The molecule has 1 aromatic carbocycles. The molecule has 3 N–H and O–H groups in total. The molecule has 3 heterocycles. The molecule has 0 unspecified atom stereocenters. The number of nitrogens with two attached hydrogens (primary N) is 1. The molecule has 0 aliphatic carbocycles. The first-order chi connectivity index (χ1) is 16.3. The third-order valence-electron chi connectivity index (χ3n) is 5.83. The number of carboxylic acid groups (broad SMARTS) is 1. The average molecular weight is 455 g/mol. The second-order valence-corrected chi connectivity index (χ2v) is 8.36. The summed E-state index contributed by atoms with van der Waals surface area (Å²) in [5, 5.41) is 9.21. The summed E-state index contributed by atoms with van der Waals surface area (Å²) in [5.41, 5.74) is 12.5. The van der Waals surface area contributed by atoms with Crippen molar-refractivity contribution in [3.8, 4) is 11.1 Å². The standard InChI is InChI=1S/C27H26N4O3/c1-16(28)26(18(3)32)21-13-24-27(30-14-21)22(20-8-6-7-19(11-20)12-25(33)34)15-31(24)17(2)23-9-4-5-10-29-23/h4-11,13-15,17H,12,28H2,1-3H3,(H,33,34)/b26-16+/t17-/m0/s1. The lowest BCUT2D eigenvalue weighted by Crippen LogP contribution is -2.08. The molecule has 34 heavy (non-hydrogen) atoms. The van der Waals surface area contributed by atoms with Crippen LogP contribution in [-0.4, -0.2) is 31.4 Å². The van der Waals surface area contributed by atoms with Crippen LogP contribution < -0.4 is 5.73 Å². The predicted octanol–water partition coefficient (Wildman–Crippen LogP) is 4.61. The predicted molar refractivity (Wildman–Crippen MR) is 132 cm³/mol. The zero-order valence-corrected chi connectivity index (χ0v) is 19.3. The zero-order chi connectivity index (χ0) is 24.4. The Labute approximate surface area is 197 Å². The van der Waals surface area contributed by atoms with Gasteiger partial charge in [0, 0.05) is 41.0 Å². The van der Waals surface area contributed by atoms with Gasteiger partial charge in [0.05, 0.1) is 29.2 Å². The number of carbonyl (C=O) groups is 2. The lowest BCUT2D eigenvalue weighted by molar-refractivity contribution is -0.136. The van der Waals surface area contributed by atoms with Crippen molar-refractivity contribution in [3.05, 3.63) is 89.6 Å². The fraction of sp³-hybridized carbons (Fsp3) is 0.185. The van der Waals surface area contributed by atoms with E-state index in [1.165, 1.54) is 6.92 Å². The molecule has 0 aliphatic heterocycles. The molecule has 0 saturated heterocycles. The van der Waals surface area contributed by atoms with E-state index in [1.54, 1.807) is 25.4 Å². The van der Waals surface area contributed by atoms with Crippen LogP contribution in [0.2, 0.25) is 0 Å². The van der Waals surface area contributed by atoms with Gasteiger partial charge in [0.25, 0.3) is 0 Å². The zero-order valence-electron chi connectivity index (χ0n) is 19.3. The second kappa shape index (κ2) is 9.31. The maximum Gasteiger partial charge on any atom is 0.307 e. The van der Waals surface area contributed by atoms with Crippen molar-refractivity contribution in [3.63, 3.8) is 0 Å². The highest BCUT2D eigenvalue weighted by Crippen LogP contribution is 2.35. The summed E-state index contributed by atoms with van der Waals surface area (Å²) in [4.78, 5) is 32.8. The van der Waals surface area contributed by atoms with Gasteiger partial charge in [-0.1, -0.05) is 30.3 Å². The minimum absolute atomic E-state index is 0.0586. The fourth-order valence-corrected chi connectivity index (χ4v) is 4.29. The van der Waals surface area contributed by atoms with E-state index >= 15 is 0 Å². The molecule has 0 fully saturated rings. The molecule has 3 aromatic heterocycles. The number of Topliss-reactive ketones (excluding diaryl/α,β-unsaturated/α-hetero) is 1. The normalized spacial score (nSPS) is 12.9. The number of rotatable bonds is 7. The van der Waals surface area contributed by atoms with Crippen molar-refractivity contribution in [2.75, 3.05) is 0 Å². The molecule has 0 radical (unpaired) electrons. The molecule has 0 spiro atoms. The highest BCUT2D eigenvalue weighted by Gasteiger charge is 2.20. The maximum absolute atomic E-state index is 12.3. The highest BCUT2D eigenvalue weighted by molar-refractivity contribution is 6.20. The van der Waals surface area contributed by atoms with E-state index in [-0.39, 0.29) is 18.2 Å². The van der Waals surface area contributed by atoms with Gasteiger partial charge in [0.2, 0.25) is 0 Å². The number of hydrogen-bond donors (Lipinski definition) is 2. The third-order valence-corrected chi connectivity index (χ3v) is 5.83. The van der Waals surface area contributed by atoms with Gasteiger partial charge in [-0.3, -0.25) is 19.6 Å². The minimum Gasteiger partial charge on any atom is -0.481 e. The van der Waals surface area contributed by atoms with Crippen LogP contribution in [0, 0.1) is 0 Å². The molecule has 0 aliphatic rings. The maximum atomic E-state index is 12.3. The van der Waals surface area contributed by atoms with Gasteiger partial charge in [0.1, 0.15) is 0 Å². The number of allylic oxidation sites excluding steroid dienone is 2. The van der Waals surface area contributed by atoms with Crippen molar-refractivity contribution < 1.29 is 14.7 Å². The molecule has 0 amide bonds. The Hall–Kier alpha value is -4.26. The molecule has 4 rings (SSSR count). The third kappa shape index (κ3) is 4.45. The van der Waals surface area contributed by atoms with Gasteiger partial charge in [-0.15, -0.1) is 0 Å². The van der Waals surface area contributed by atoms with Crippen LogP contribution in [0.4, 0.5) is 0 Å². The van der Waals surface area contributed by atoms with Gasteiger partial charge < -0.3 is 15.4 Å².